The summed E-state index contributed by atoms with van der Waals surface area (Å²) in [6.45, 7) is -0.0711. The monoisotopic (exact) mass is 408 g/mol. The molecule has 0 N–H and O–H groups in total. The molecule has 2 aromatic carbocycles. The van der Waals surface area contributed by atoms with E-state index in [-0.39, 0.29) is 12.2 Å². The number of carbonyl (C=O) groups is 2. The lowest BCUT2D eigenvalue weighted by molar-refractivity contribution is -0.141. The first-order valence-electron chi connectivity index (χ1n) is 8.64. The molecule has 0 aliphatic carbocycles. The molecule has 0 spiro atoms. The SMILES string of the molecule is COC(=O)Cn1c(=NC(=O)c2cnc3ccccc3n2)sc2cc(OC)ccc21. The van der Waals surface area contributed by atoms with Crippen molar-refractivity contribution in [1.29, 1.82) is 0 Å². The highest BCUT2D eigenvalue weighted by molar-refractivity contribution is 7.16. The number of nitrogens with zero attached hydrogens (tertiary/aromatic N) is 4. The molecular formula is C20H16N4O4S. The number of ether oxygens (including phenoxy) is 2. The van der Waals surface area contributed by atoms with Crippen LogP contribution in [0.5, 0.6) is 5.75 Å². The minimum Gasteiger partial charge on any atom is -0.497 e. The van der Waals surface area contributed by atoms with Gasteiger partial charge in [-0.15, -0.1) is 0 Å². The topological polar surface area (TPSA) is 95.7 Å². The van der Waals surface area contributed by atoms with Crippen LogP contribution in [0.3, 0.4) is 0 Å². The largest absolute Gasteiger partial charge is 0.497 e. The summed E-state index contributed by atoms with van der Waals surface area (Å²) in [4.78, 5) is 37.8. The average molecular weight is 408 g/mol. The van der Waals surface area contributed by atoms with Crippen LogP contribution in [0, 0.1) is 0 Å². The van der Waals surface area contributed by atoms with Gasteiger partial charge < -0.3 is 14.0 Å². The predicted molar refractivity (Wildman–Crippen MR) is 108 cm³/mol. The van der Waals surface area contributed by atoms with E-state index in [0.717, 1.165) is 10.2 Å². The first-order chi connectivity index (χ1) is 14.1. The number of thiazole rings is 1. The fourth-order valence-electron chi connectivity index (χ4n) is 2.82. The Balaban J connectivity index is 1.83. The highest BCUT2D eigenvalue weighted by Gasteiger charge is 2.14. The molecule has 0 aliphatic heterocycles. The van der Waals surface area contributed by atoms with Gasteiger partial charge in [-0.3, -0.25) is 14.6 Å². The van der Waals surface area contributed by atoms with Gasteiger partial charge in [0.15, 0.2) is 4.80 Å². The van der Waals surface area contributed by atoms with Crippen LogP contribution in [-0.4, -0.2) is 40.6 Å². The molecule has 0 bridgehead atoms. The zero-order chi connectivity index (χ0) is 20.4. The number of esters is 1. The van der Waals surface area contributed by atoms with Crippen molar-refractivity contribution in [2.75, 3.05) is 14.2 Å². The third-order valence-electron chi connectivity index (χ3n) is 4.27. The lowest BCUT2D eigenvalue weighted by Gasteiger charge is -2.04. The zero-order valence-electron chi connectivity index (χ0n) is 15.7. The maximum Gasteiger partial charge on any atom is 0.325 e. The molecule has 4 aromatic rings. The molecule has 2 heterocycles. The summed E-state index contributed by atoms with van der Waals surface area (Å²) < 4.78 is 12.5. The molecular weight excluding hydrogens is 392 g/mol. The van der Waals surface area contributed by atoms with Crippen molar-refractivity contribution in [2.24, 2.45) is 4.99 Å². The van der Waals surface area contributed by atoms with Gasteiger partial charge in [-0.25, -0.2) is 4.98 Å². The fraction of sp³-hybridized carbons (Fsp3) is 0.150. The summed E-state index contributed by atoms with van der Waals surface area (Å²) in [5, 5.41) is 0. The summed E-state index contributed by atoms with van der Waals surface area (Å²) in [5.74, 6) is -0.317. The second kappa shape index (κ2) is 7.80. The Kier molecular flexibility index (Phi) is 5.05. The van der Waals surface area contributed by atoms with Gasteiger partial charge in [0.25, 0.3) is 5.91 Å². The summed E-state index contributed by atoms with van der Waals surface area (Å²) >= 11 is 1.27. The van der Waals surface area contributed by atoms with Crippen molar-refractivity contribution in [3.63, 3.8) is 0 Å². The fourth-order valence-corrected chi connectivity index (χ4v) is 3.87. The van der Waals surface area contributed by atoms with Gasteiger partial charge in [-0.1, -0.05) is 23.5 Å². The number of amides is 1. The Morgan fingerprint density at radius 2 is 1.93 bits per heavy atom. The second-order valence-corrected chi connectivity index (χ2v) is 7.05. The summed E-state index contributed by atoms with van der Waals surface area (Å²) in [6.07, 6.45) is 1.40. The molecule has 0 fully saturated rings. The number of para-hydroxylation sites is 2. The number of carbonyl (C=O) groups excluding carboxylic acids is 2. The van der Waals surface area contributed by atoms with E-state index in [1.807, 2.05) is 30.3 Å². The third kappa shape index (κ3) is 3.72. The molecule has 146 valence electrons. The molecule has 0 saturated carbocycles. The second-order valence-electron chi connectivity index (χ2n) is 6.04. The van der Waals surface area contributed by atoms with Crippen molar-refractivity contribution >= 4 is 44.5 Å². The van der Waals surface area contributed by atoms with Gasteiger partial charge >= 0.3 is 5.97 Å². The van der Waals surface area contributed by atoms with Crippen molar-refractivity contribution in [2.45, 2.75) is 6.54 Å². The van der Waals surface area contributed by atoms with E-state index in [4.69, 9.17) is 9.47 Å². The van der Waals surface area contributed by atoms with Gasteiger partial charge in [0.05, 0.1) is 41.7 Å². The number of rotatable bonds is 4. The first kappa shape index (κ1) is 18.8. The van der Waals surface area contributed by atoms with Crippen LogP contribution in [0.25, 0.3) is 21.3 Å². The molecule has 0 saturated heterocycles. The third-order valence-corrected chi connectivity index (χ3v) is 5.31. The van der Waals surface area contributed by atoms with Crippen LogP contribution in [0.1, 0.15) is 10.5 Å². The molecule has 2 aromatic heterocycles. The molecule has 0 radical (unpaired) electrons. The van der Waals surface area contributed by atoms with Crippen molar-refractivity contribution in [3.8, 4) is 5.75 Å². The van der Waals surface area contributed by atoms with E-state index in [9.17, 15) is 9.59 Å². The first-order valence-corrected chi connectivity index (χ1v) is 9.46. The molecule has 0 atom stereocenters. The van der Waals surface area contributed by atoms with E-state index >= 15 is 0 Å². The van der Waals surface area contributed by atoms with Crippen LogP contribution in [0.4, 0.5) is 0 Å². The highest BCUT2D eigenvalue weighted by atomic mass is 32.1. The predicted octanol–water partition coefficient (Wildman–Crippen LogP) is 2.57. The van der Waals surface area contributed by atoms with Gasteiger partial charge in [0, 0.05) is 0 Å². The van der Waals surface area contributed by atoms with Crippen LogP contribution in [-0.2, 0) is 16.1 Å². The summed E-state index contributed by atoms with van der Waals surface area (Å²) in [6, 6.07) is 12.7. The van der Waals surface area contributed by atoms with Gasteiger partial charge in [0.2, 0.25) is 0 Å². The minimum absolute atomic E-state index is 0.0711. The standard InChI is InChI=1S/C20H16N4O4S/c1-27-12-7-8-16-17(9-12)29-20(24(16)11-18(25)28-2)23-19(26)15-10-21-13-5-3-4-6-14(13)22-15/h3-10H,11H2,1-2H3. The number of methoxy groups -OCH3 is 2. The van der Waals surface area contributed by atoms with Crippen LogP contribution >= 0.6 is 11.3 Å². The normalized spacial score (nSPS) is 11.7. The van der Waals surface area contributed by atoms with Crippen molar-refractivity contribution < 1.29 is 19.1 Å². The lowest BCUT2D eigenvalue weighted by atomic mass is 10.3. The Morgan fingerprint density at radius 3 is 2.69 bits per heavy atom. The van der Waals surface area contributed by atoms with Crippen LogP contribution in [0.2, 0.25) is 0 Å². The van der Waals surface area contributed by atoms with E-state index in [0.29, 0.717) is 21.6 Å². The number of aromatic nitrogens is 3. The molecule has 29 heavy (non-hydrogen) atoms. The van der Waals surface area contributed by atoms with Crippen LogP contribution < -0.4 is 9.54 Å². The Labute approximate surface area is 169 Å². The zero-order valence-corrected chi connectivity index (χ0v) is 16.5. The smallest absolute Gasteiger partial charge is 0.325 e. The van der Waals surface area contributed by atoms with Crippen molar-refractivity contribution in [1.82, 2.24) is 14.5 Å². The highest BCUT2D eigenvalue weighted by Crippen LogP contribution is 2.23. The summed E-state index contributed by atoms with van der Waals surface area (Å²) in [5.41, 5.74) is 2.18. The van der Waals surface area contributed by atoms with Gasteiger partial charge in [-0.05, 0) is 30.3 Å². The Hall–Kier alpha value is -3.59. The number of fused-ring (bicyclic) bond motifs is 2. The van der Waals surface area contributed by atoms with E-state index in [1.54, 1.807) is 23.8 Å². The minimum atomic E-state index is -0.541. The maximum atomic E-state index is 12.7. The lowest BCUT2D eigenvalue weighted by Crippen LogP contribution is -2.22. The summed E-state index contributed by atoms with van der Waals surface area (Å²) in [7, 11) is 2.89. The average Bonchev–Trinajstić information content (AvgIpc) is 3.08. The molecule has 4 rings (SSSR count). The van der Waals surface area contributed by atoms with E-state index in [2.05, 4.69) is 15.0 Å². The molecule has 1 amide bonds. The molecule has 0 aliphatic rings. The Morgan fingerprint density at radius 1 is 1.14 bits per heavy atom. The van der Waals surface area contributed by atoms with Crippen molar-refractivity contribution in [3.05, 3.63) is 59.2 Å². The molecule has 8 nitrogen and oxygen atoms in total. The number of hydrogen-bond acceptors (Lipinski definition) is 7. The van der Waals surface area contributed by atoms with E-state index in [1.165, 1.54) is 24.6 Å². The van der Waals surface area contributed by atoms with E-state index < -0.39 is 11.9 Å². The number of hydrogen-bond donors (Lipinski definition) is 0. The van der Waals surface area contributed by atoms with Crippen LogP contribution in [0.15, 0.2) is 53.7 Å². The number of benzene rings is 2. The Bertz CT molecular complexity index is 1310. The quantitative estimate of drug-likeness (QED) is 0.482. The van der Waals surface area contributed by atoms with Gasteiger partial charge in [-0.2, -0.15) is 4.99 Å². The maximum absolute atomic E-state index is 12.7. The molecule has 9 heteroatoms. The van der Waals surface area contributed by atoms with Gasteiger partial charge in [0.1, 0.15) is 18.0 Å². The molecule has 0 unspecified atom stereocenters.